The van der Waals surface area contributed by atoms with Crippen molar-refractivity contribution in [1.29, 1.82) is 0 Å². The van der Waals surface area contributed by atoms with E-state index in [1.807, 2.05) is 48.7 Å². The van der Waals surface area contributed by atoms with Gasteiger partial charge in [0.1, 0.15) is 0 Å². The predicted octanol–water partition coefficient (Wildman–Crippen LogP) is 3.93. The van der Waals surface area contributed by atoms with Crippen LogP contribution < -0.4 is 4.90 Å². The molecule has 0 saturated heterocycles. The number of anilines is 1. The molecule has 0 fully saturated rings. The average Bonchev–Trinajstić information content (AvgIpc) is 3.24. The lowest BCUT2D eigenvalue weighted by Gasteiger charge is -2.17. The molecule has 0 unspecified atom stereocenters. The highest BCUT2D eigenvalue weighted by Gasteiger charge is 2.25. The zero-order valence-corrected chi connectivity index (χ0v) is 13.0. The fourth-order valence-corrected chi connectivity index (χ4v) is 3.10. The first-order valence-corrected chi connectivity index (χ1v) is 7.80. The minimum Gasteiger partial charge on any atom is -0.308 e. The third-order valence-electron chi connectivity index (χ3n) is 4.15. The van der Waals surface area contributed by atoms with Crippen LogP contribution >= 0.6 is 11.6 Å². The molecule has 1 N–H and O–H groups in total. The van der Waals surface area contributed by atoms with Gasteiger partial charge in [0.2, 0.25) is 0 Å². The number of fused-ring (bicyclic) bond motifs is 1. The molecule has 4 nitrogen and oxygen atoms in total. The van der Waals surface area contributed by atoms with E-state index in [9.17, 15) is 4.79 Å². The summed E-state index contributed by atoms with van der Waals surface area (Å²) in [5.74, 6) is 0.00441. The van der Waals surface area contributed by atoms with Crippen molar-refractivity contribution in [2.75, 3.05) is 11.4 Å². The second-order valence-corrected chi connectivity index (χ2v) is 5.98. The molecule has 0 bridgehead atoms. The third-order valence-corrected chi connectivity index (χ3v) is 4.39. The minimum absolute atomic E-state index is 0.00441. The van der Waals surface area contributed by atoms with Crippen LogP contribution in [0.25, 0.3) is 11.1 Å². The highest BCUT2D eigenvalue weighted by molar-refractivity contribution is 6.31. The van der Waals surface area contributed by atoms with Crippen molar-refractivity contribution in [1.82, 2.24) is 10.2 Å². The summed E-state index contributed by atoms with van der Waals surface area (Å²) in [5.41, 5.74) is 4.78. The molecule has 2 heterocycles. The standard InChI is InChI=1S/C18H14ClN3O/c19-16-6-5-13-7-8-22(17(13)9-16)18(23)14-3-1-12(2-4-14)15-10-20-21-11-15/h1-6,9-11H,7-8H2,(H,20,21). The van der Waals surface area contributed by atoms with Gasteiger partial charge in [-0.1, -0.05) is 29.8 Å². The SMILES string of the molecule is O=C(c1ccc(-c2cn[nH]c2)cc1)N1CCc2ccc(Cl)cc21. The molecule has 0 radical (unpaired) electrons. The summed E-state index contributed by atoms with van der Waals surface area (Å²) in [5, 5.41) is 7.38. The van der Waals surface area contributed by atoms with Crippen molar-refractivity contribution >= 4 is 23.2 Å². The lowest BCUT2D eigenvalue weighted by atomic mass is 10.1. The lowest BCUT2D eigenvalue weighted by Crippen LogP contribution is -2.28. The van der Waals surface area contributed by atoms with Gasteiger partial charge in [-0.3, -0.25) is 9.89 Å². The quantitative estimate of drug-likeness (QED) is 0.776. The van der Waals surface area contributed by atoms with E-state index in [0.29, 0.717) is 17.1 Å². The number of amides is 1. The number of carbonyl (C=O) groups excluding carboxylic acids is 1. The predicted molar refractivity (Wildman–Crippen MR) is 90.9 cm³/mol. The maximum Gasteiger partial charge on any atom is 0.258 e. The zero-order chi connectivity index (χ0) is 15.8. The van der Waals surface area contributed by atoms with Crippen molar-refractivity contribution in [3.8, 4) is 11.1 Å². The number of aromatic nitrogens is 2. The molecular formula is C18H14ClN3O. The number of nitrogens with zero attached hydrogens (tertiary/aromatic N) is 2. The molecular weight excluding hydrogens is 310 g/mol. The molecule has 1 aliphatic heterocycles. The maximum atomic E-state index is 12.8. The van der Waals surface area contributed by atoms with E-state index in [2.05, 4.69) is 10.2 Å². The fourth-order valence-electron chi connectivity index (χ4n) is 2.93. The first-order valence-electron chi connectivity index (χ1n) is 7.42. The number of hydrogen-bond acceptors (Lipinski definition) is 2. The van der Waals surface area contributed by atoms with E-state index in [1.165, 1.54) is 0 Å². The molecule has 3 aromatic rings. The molecule has 1 aliphatic rings. The Morgan fingerprint density at radius 1 is 1.13 bits per heavy atom. The molecule has 4 rings (SSSR count). The number of aromatic amines is 1. The summed E-state index contributed by atoms with van der Waals surface area (Å²) in [7, 11) is 0. The van der Waals surface area contributed by atoms with Gasteiger partial charge in [-0.25, -0.2) is 0 Å². The van der Waals surface area contributed by atoms with Gasteiger partial charge in [0.25, 0.3) is 5.91 Å². The maximum absolute atomic E-state index is 12.8. The number of hydrogen-bond donors (Lipinski definition) is 1. The summed E-state index contributed by atoms with van der Waals surface area (Å²) in [6.07, 6.45) is 4.45. The highest BCUT2D eigenvalue weighted by atomic mass is 35.5. The average molecular weight is 324 g/mol. The van der Waals surface area contributed by atoms with Crippen LogP contribution in [0.15, 0.2) is 54.9 Å². The molecule has 23 heavy (non-hydrogen) atoms. The van der Waals surface area contributed by atoms with Gasteiger partial charge < -0.3 is 4.90 Å². The number of rotatable bonds is 2. The number of halogens is 1. The van der Waals surface area contributed by atoms with Gasteiger partial charge in [0.05, 0.1) is 6.20 Å². The second-order valence-electron chi connectivity index (χ2n) is 5.54. The summed E-state index contributed by atoms with van der Waals surface area (Å²) < 4.78 is 0. The second kappa shape index (κ2) is 5.56. The lowest BCUT2D eigenvalue weighted by molar-refractivity contribution is 0.0989. The molecule has 2 aromatic carbocycles. The van der Waals surface area contributed by atoms with Crippen molar-refractivity contribution in [3.63, 3.8) is 0 Å². The van der Waals surface area contributed by atoms with Crippen LogP contribution in [0, 0.1) is 0 Å². The topological polar surface area (TPSA) is 49.0 Å². The fraction of sp³-hybridized carbons (Fsp3) is 0.111. The Bertz CT molecular complexity index is 856. The van der Waals surface area contributed by atoms with E-state index in [0.717, 1.165) is 28.8 Å². The van der Waals surface area contributed by atoms with Crippen LogP contribution in [0.5, 0.6) is 0 Å². The molecule has 0 saturated carbocycles. The zero-order valence-electron chi connectivity index (χ0n) is 12.3. The number of H-pyrrole nitrogens is 1. The molecule has 1 aromatic heterocycles. The van der Waals surface area contributed by atoms with Crippen LogP contribution in [-0.2, 0) is 6.42 Å². The molecule has 114 valence electrons. The van der Waals surface area contributed by atoms with Gasteiger partial charge in [-0.05, 0) is 41.8 Å². The van der Waals surface area contributed by atoms with Gasteiger partial charge in [0.15, 0.2) is 0 Å². The first-order chi connectivity index (χ1) is 11.2. The molecule has 0 spiro atoms. The highest BCUT2D eigenvalue weighted by Crippen LogP contribution is 2.32. The van der Waals surface area contributed by atoms with E-state index in [1.54, 1.807) is 11.1 Å². The molecule has 1 amide bonds. The summed E-state index contributed by atoms with van der Waals surface area (Å²) >= 11 is 6.07. The minimum atomic E-state index is 0.00441. The first kappa shape index (κ1) is 14.0. The van der Waals surface area contributed by atoms with Gasteiger partial charge >= 0.3 is 0 Å². The number of benzene rings is 2. The summed E-state index contributed by atoms with van der Waals surface area (Å²) in [6, 6.07) is 13.3. The van der Waals surface area contributed by atoms with E-state index in [4.69, 9.17) is 11.6 Å². The van der Waals surface area contributed by atoms with Crippen LogP contribution in [-0.4, -0.2) is 22.6 Å². The van der Waals surface area contributed by atoms with Crippen LogP contribution in [0.1, 0.15) is 15.9 Å². The Morgan fingerprint density at radius 2 is 1.96 bits per heavy atom. The largest absolute Gasteiger partial charge is 0.308 e. The van der Waals surface area contributed by atoms with Crippen molar-refractivity contribution in [3.05, 3.63) is 71.0 Å². The number of carbonyl (C=O) groups is 1. The third kappa shape index (κ3) is 2.51. The monoisotopic (exact) mass is 323 g/mol. The van der Waals surface area contributed by atoms with Gasteiger partial charge in [0, 0.05) is 34.6 Å². The van der Waals surface area contributed by atoms with Gasteiger partial charge in [-0.15, -0.1) is 0 Å². The molecule has 0 atom stereocenters. The Balaban J connectivity index is 1.62. The van der Waals surface area contributed by atoms with E-state index in [-0.39, 0.29) is 5.91 Å². The van der Waals surface area contributed by atoms with Crippen LogP contribution in [0.3, 0.4) is 0 Å². The Kier molecular flexibility index (Phi) is 3.39. The smallest absolute Gasteiger partial charge is 0.258 e. The van der Waals surface area contributed by atoms with E-state index >= 15 is 0 Å². The van der Waals surface area contributed by atoms with Crippen molar-refractivity contribution in [2.45, 2.75) is 6.42 Å². The Morgan fingerprint density at radius 3 is 2.70 bits per heavy atom. The van der Waals surface area contributed by atoms with Crippen LogP contribution in [0.4, 0.5) is 5.69 Å². The molecule has 5 heteroatoms. The summed E-state index contributed by atoms with van der Waals surface area (Å²) in [4.78, 5) is 14.6. The Hall–Kier alpha value is -2.59. The van der Waals surface area contributed by atoms with E-state index < -0.39 is 0 Å². The van der Waals surface area contributed by atoms with Gasteiger partial charge in [-0.2, -0.15) is 5.10 Å². The van der Waals surface area contributed by atoms with Crippen LogP contribution in [0.2, 0.25) is 5.02 Å². The van der Waals surface area contributed by atoms with Crippen molar-refractivity contribution in [2.24, 2.45) is 0 Å². The summed E-state index contributed by atoms with van der Waals surface area (Å²) in [6.45, 7) is 0.692. The Labute approximate surface area is 138 Å². The normalized spacial score (nSPS) is 13.2. The van der Waals surface area contributed by atoms with Crippen molar-refractivity contribution < 1.29 is 4.79 Å². The molecule has 0 aliphatic carbocycles. The number of nitrogens with one attached hydrogen (secondary N) is 1.